The Hall–Kier alpha value is -2.34. The molecule has 6 heteroatoms. The van der Waals surface area contributed by atoms with Crippen LogP contribution in [0.25, 0.3) is 22.2 Å². The maximum absolute atomic E-state index is 12.1. The lowest BCUT2D eigenvalue weighted by Crippen LogP contribution is -2.17. The Morgan fingerprint density at radius 2 is 1.88 bits per heavy atom. The van der Waals surface area contributed by atoms with Crippen LogP contribution in [-0.2, 0) is 10.0 Å². The number of rotatable bonds is 6. The Morgan fingerprint density at radius 3 is 2.58 bits per heavy atom. The van der Waals surface area contributed by atoms with Crippen molar-refractivity contribution in [3.8, 4) is 11.1 Å². The minimum absolute atomic E-state index is 0.140. The average Bonchev–Trinajstić information content (AvgIpc) is 3.02. The number of anilines is 1. The molecular weight excluding hydrogens is 322 g/mol. The summed E-state index contributed by atoms with van der Waals surface area (Å²) in [4.78, 5) is 7.37. The first-order chi connectivity index (χ1) is 11.4. The molecule has 0 bridgehead atoms. The highest BCUT2D eigenvalue weighted by atomic mass is 32.2. The molecule has 0 saturated carbocycles. The normalized spacial score (nSPS) is 12.0. The van der Waals surface area contributed by atoms with E-state index < -0.39 is 10.0 Å². The fourth-order valence-electron chi connectivity index (χ4n) is 2.55. The van der Waals surface area contributed by atoms with Crippen LogP contribution in [0.1, 0.15) is 20.3 Å². The molecule has 0 aliphatic carbocycles. The van der Waals surface area contributed by atoms with Gasteiger partial charge in [0, 0.05) is 23.5 Å². The van der Waals surface area contributed by atoms with Crippen molar-refractivity contribution in [2.45, 2.75) is 20.3 Å². The number of aromatic amines is 1. The highest BCUT2D eigenvalue weighted by Gasteiger charge is 2.12. The van der Waals surface area contributed by atoms with Crippen molar-refractivity contribution in [1.29, 1.82) is 0 Å². The first-order valence-electron chi connectivity index (χ1n) is 7.97. The van der Waals surface area contributed by atoms with E-state index in [0.717, 1.165) is 22.2 Å². The Balaban J connectivity index is 1.80. The van der Waals surface area contributed by atoms with E-state index in [4.69, 9.17) is 0 Å². The summed E-state index contributed by atoms with van der Waals surface area (Å²) in [6.45, 7) is 4.03. The summed E-state index contributed by atoms with van der Waals surface area (Å²) in [5, 5.41) is 1.04. The Labute approximate surface area is 142 Å². The number of nitrogens with one attached hydrogen (secondary N) is 2. The van der Waals surface area contributed by atoms with E-state index in [1.165, 1.54) is 0 Å². The van der Waals surface area contributed by atoms with Gasteiger partial charge in [-0.3, -0.25) is 4.72 Å². The number of nitrogens with zero attached hydrogens (tertiary/aromatic N) is 1. The van der Waals surface area contributed by atoms with Gasteiger partial charge in [-0.05, 0) is 47.7 Å². The Kier molecular flexibility index (Phi) is 4.57. The molecule has 0 spiro atoms. The number of H-pyrrole nitrogens is 1. The summed E-state index contributed by atoms with van der Waals surface area (Å²) < 4.78 is 26.8. The standard InChI is InChI=1S/C18H21N3O2S/c1-13(2)9-12-24(22,23)21-15-5-3-14(4-6-15)16-7-10-19-18-17(16)8-11-20-18/h3-8,10-11,13,21H,9,12H2,1-2H3,(H,19,20). The third kappa shape index (κ3) is 3.76. The van der Waals surface area contributed by atoms with E-state index in [9.17, 15) is 8.42 Å². The van der Waals surface area contributed by atoms with Crippen LogP contribution in [0.3, 0.4) is 0 Å². The number of sulfonamides is 1. The van der Waals surface area contributed by atoms with Gasteiger partial charge in [-0.25, -0.2) is 13.4 Å². The van der Waals surface area contributed by atoms with Crippen molar-refractivity contribution in [1.82, 2.24) is 9.97 Å². The molecule has 5 nitrogen and oxygen atoms in total. The van der Waals surface area contributed by atoms with Crippen molar-refractivity contribution in [2.75, 3.05) is 10.5 Å². The van der Waals surface area contributed by atoms with Crippen molar-refractivity contribution < 1.29 is 8.42 Å². The lowest BCUT2D eigenvalue weighted by Gasteiger charge is -2.10. The molecule has 0 fully saturated rings. The van der Waals surface area contributed by atoms with Crippen LogP contribution in [-0.4, -0.2) is 24.1 Å². The molecule has 2 N–H and O–H groups in total. The summed E-state index contributed by atoms with van der Waals surface area (Å²) in [6.07, 6.45) is 4.27. The first kappa shape index (κ1) is 16.5. The molecule has 0 atom stereocenters. The van der Waals surface area contributed by atoms with Gasteiger partial charge in [0.2, 0.25) is 10.0 Å². The van der Waals surface area contributed by atoms with Crippen molar-refractivity contribution >= 4 is 26.7 Å². The smallest absolute Gasteiger partial charge is 0.232 e. The SMILES string of the molecule is CC(C)CCS(=O)(=O)Nc1ccc(-c2ccnc3[nH]ccc23)cc1. The second-order valence-electron chi connectivity index (χ2n) is 6.28. The van der Waals surface area contributed by atoms with Crippen LogP contribution in [0.2, 0.25) is 0 Å². The highest BCUT2D eigenvalue weighted by molar-refractivity contribution is 7.92. The molecule has 0 aliphatic rings. The van der Waals surface area contributed by atoms with Crippen LogP contribution >= 0.6 is 0 Å². The maximum atomic E-state index is 12.1. The van der Waals surface area contributed by atoms with Gasteiger partial charge in [0.15, 0.2) is 0 Å². The van der Waals surface area contributed by atoms with E-state index in [-0.39, 0.29) is 5.75 Å². The summed E-state index contributed by atoms with van der Waals surface area (Å²) in [6, 6.07) is 11.4. The van der Waals surface area contributed by atoms with Gasteiger partial charge < -0.3 is 4.98 Å². The molecule has 0 saturated heterocycles. The van der Waals surface area contributed by atoms with Crippen LogP contribution in [0.4, 0.5) is 5.69 Å². The third-order valence-electron chi connectivity index (χ3n) is 3.89. The van der Waals surface area contributed by atoms with Gasteiger partial charge in [-0.2, -0.15) is 0 Å². The molecule has 24 heavy (non-hydrogen) atoms. The number of benzene rings is 1. The van der Waals surface area contributed by atoms with E-state index in [0.29, 0.717) is 18.0 Å². The van der Waals surface area contributed by atoms with Gasteiger partial charge >= 0.3 is 0 Å². The predicted octanol–water partition coefficient (Wildman–Crippen LogP) is 4.02. The quantitative estimate of drug-likeness (QED) is 0.710. The summed E-state index contributed by atoms with van der Waals surface area (Å²) in [5.41, 5.74) is 3.51. The van der Waals surface area contributed by atoms with Gasteiger partial charge in [0.1, 0.15) is 5.65 Å². The Morgan fingerprint density at radius 1 is 1.12 bits per heavy atom. The number of aromatic nitrogens is 2. The minimum Gasteiger partial charge on any atom is -0.346 e. The van der Waals surface area contributed by atoms with Crippen molar-refractivity contribution in [3.63, 3.8) is 0 Å². The number of pyridine rings is 1. The molecule has 3 rings (SSSR count). The van der Waals surface area contributed by atoms with Crippen LogP contribution in [0.5, 0.6) is 0 Å². The lowest BCUT2D eigenvalue weighted by molar-refractivity contribution is 0.578. The van der Waals surface area contributed by atoms with Crippen molar-refractivity contribution in [2.24, 2.45) is 5.92 Å². The van der Waals surface area contributed by atoms with Crippen molar-refractivity contribution in [3.05, 3.63) is 48.8 Å². The van der Waals surface area contributed by atoms with Gasteiger partial charge in [-0.15, -0.1) is 0 Å². The van der Waals surface area contributed by atoms with Gasteiger partial charge in [-0.1, -0.05) is 26.0 Å². The molecule has 0 amide bonds. The zero-order valence-electron chi connectivity index (χ0n) is 13.8. The molecular formula is C18H21N3O2S. The molecule has 2 aromatic heterocycles. The lowest BCUT2D eigenvalue weighted by atomic mass is 10.0. The van der Waals surface area contributed by atoms with Gasteiger partial charge in [0.25, 0.3) is 0 Å². The van der Waals surface area contributed by atoms with Crippen LogP contribution < -0.4 is 4.72 Å². The first-order valence-corrected chi connectivity index (χ1v) is 9.63. The summed E-state index contributed by atoms with van der Waals surface area (Å²) >= 11 is 0. The molecule has 3 aromatic rings. The molecule has 0 aliphatic heterocycles. The highest BCUT2D eigenvalue weighted by Crippen LogP contribution is 2.28. The number of hydrogen-bond donors (Lipinski definition) is 2. The van der Waals surface area contributed by atoms with E-state index in [2.05, 4.69) is 14.7 Å². The molecule has 126 valence electrons. The second kappa shape index (κ2) is 6.65. The zero-order chi connectivity index (χ0) is 17.2. The summed E-state index contributed by atoms with van der Waals surface area (Å²) in [5.74, 6) is 0.500. The largest absolute Gasteiger partial charge is 0.346 e. The number of fused-ring (bicyclic) bond motifs is 1. The fourth-order valence-corrected chi connectivity index (χ4v) is 3.93. The maximum Gasteiger partial charge on any atom is 0.232 e. The topological polar surface area (TPSA) is 74.8 Å². The molecule has 1 aromatic carbocycles. The van der Waals surface area contributed by atoms with E-state index >= 15 is 0 Å². The molecule has 0 radical (unpaired) electrons. The van der Waals surface area contributed by atoms with E-state index in [1.54, 1.807) is 18.3 Å². The Bertz CT molecular complexity index is 928. The van der Waals surface area contributed by atoms with Crippen LogP contribution in [0, 0.1) is 5.92 Å². The minimum atomic E-state index is -3.30. The second-order valence-corrected chi connectivity index (χ2v) is 8.12. The van der Waals surface area contributed by atoms with Crippen LogP contribution in [0.15, 0.2) is 48.8 Å². The number of hydrogen-bond acceptors (Lipinski definition) is 3. The predicted molar refractivity (Wildman–Crippen MR) is 98.4 cm³/mol. The van der Waals surface area contributed by atoms with Gasteiger partial charge in [0.05, 0.1) is 5.75 Å². The third-order valence-corrected chi connectivity index (χ3v) is 5.21. The zero-order valence-corrected chi connectivity index (χ0v) is 14.6. The fraction of sp³-hybridized carbons (Fsp3) is 0.278. The average molecular weight is 343 g/mol. The van der Waals surface area contributed by atoms with E-state index in [1.807, 2.05) is 44.3 Å². The summed E-state index contributed by atoms with van der Waals surface area (Å²) in [7, 11) is -3.30. The molecule has 0 unspecified atom stereocenters. The molecule has 2 heterocycles. The monoisotopic (exact) mass is 343 g/mol.